The number of nitrogens with one attached hydrogen (secondary N) is 1. The van der Waals surface area contributed by atoms with E-state index in [1.165, 1.54) is 12.8 Å². The Balaban J connectivity index is 1.84. The summed E-state index contributed by atoms with van der Waals surface area (Å²) < 4.78 is 5.60. The molecule has 1 amide bonds. The van der Waals surface area contributed by atoms with Gasteiger partial charge in [-0.1, -0.05) is 0 Å². The van der Waals surface area contributed by atoms with Crippen LogP contribution in [0.1, 0.15) is 24.4 Å². The predicted octanol–water partition coefficient (Wildman–Crippen LogP) is 1.48. The Morgan fingerprint density at radius 2 is 2.10 bits per heavy atom. The quantitative estimate of drug-likeness (QED) is 0.749. The Labute approximate surface area is 127 Å². The standard InChI is InChI=1S/C16H27N3O2/c1-13-4-7-15(21-13)12-19(9-8-18(2)3)16(20)11-17-10-14-5-6-14/h4,7,14,17H,5-6,8-12H2,1-3H3. The third kappa shape index (κ3) is 5.89. The number of amides is 1. The molecule has 1 aliphatic rings. The zero-order valence-corrected chi connectivity index (χ0v) is 13.4. The van der Waals surface area contributed by atoms with Crippen LogP contribution in [-0.2, 0) is 11.3 Å². The van der Waals surface area contributed by atoms with Gasteiger partial charge in [-0.2, -0.15) is 0 Å². The molecule has 0 bridgehead atoms. The second-order valence-corrected chi connectivity index (χ2v) is 6.21. The highest BCUT2D eigenvalue weighted by Gasteiger charge is 2.21. The maximum absolute atomic E-state index is 12.4. The van der Waals surface area contributed by atoms with E-state index in [-0.39, 0.29) is 5.91 Å². The van der Waals surface area contributed by atoms with Gasteiger partial charge < -0.3 is 19.5 Å². The molecule has 0 atom stereocenters. The summed E-state index contributed by atoms with van der Waals surface area (Å²) in [6, 6.07) is 3.89. The van der Waals surface area contributed by atoms with Crippen LogP contribution in [0.15, 0.2) is 16.5 Å². The van der Waals surface area contributed by atoms with Gasteiger partial charge in [0.15, 0.2) is 0 Å². The predicted molar refractivity (Wildman–Crippen MR) is 83.0 cm³/mol. The van der Waals surface area contributed by atoms with E-state index in [4.69, 9.17) is 4.42 Å². The monoisotopic (exact) mass is 293 g/mol. The van der Waals surface area contributed by atoms with E-state index in [2.05, 4.69) is 10.2 Å². The fraction of sp³-hybridized carbons (Fsp3) is 0.688. The molecule has 0 saturated heterocycles. The van der Waals surface area contributed by atoms with Gasteiger partial charge in [0.1, 0.15) is 11.5 Å². The van der Waals surface area contributed by atoms with Gasteiger partial charge >= 0.3 is 0 Å². The van der Waals surface area contributed by atoms with Crippen LogP contribution in [0, 0.1) is 12.8 Å². The van der Waals surface area contributed by atoms with Gasteiger partial charge in [-0.25, -0.2) is 0 Å². The molecule has 1 heterocycles. The SMILES string of the molecule is Cc1ccc(CN(CCN(C)C)C(=O)CNCC2CC2)o1. The van der Waals surface area contributed by atoms with Gasteiger partial charge in [0.25, 0.3) is 0 Å². The van der Waals surface area contributed by atoms with Crippen molar-refractivity contribution < 1.29 is 9.21 Å². The molecule has 0 unspecified atom stereocenters. The molecule has 5 nitrogen and oxygen atoms in total. The molecule has 0 radical (unpaired) electrons. The third-order valence-corrected chi connectivity index (χ3v) is 3.72. The second-order valence-electron chi connectivity index (χ2n) is 6.21. The van der Waals surface area contributed by atoms with Crippen LogP contribution in [0.4, 0.5) is 0 Å². The summed E-state index contributed by atoms with van der Waals surface area (Å²) in [6.45, 7) is 5.43. The van der Waals surface area contributed by atoms with Gasteiger partial charge in [-0.05, 0) is 58.5 Å². The maximum atomic E-state index is 12.4. The van der Waals surface area contributed by atoms with Gasteiger partial charge in [-0.3, -0.25) is 4.79 Å². The lowest BCUT2D eigenvalue weighted by molar-refractivity contribution is -0.131. The van der Waals surface area contributed by atoms with Crippen molar-refractivity contribution in [3.63, 3.8) is 0 Å². The summed E-state index contributed by atoms with van der Waals surface area (Å²) in [5, 5.41) is 3.27. The van der Waals surface area contributed by atoms with Crippen molar-refractivity contribution in [1.29, 1.82) is 0 Å². The number of aryl methyl sites for hydroxylation is 1. The Bertz CT molecular complexity index is 452. The molecule has 21 heavy (non-hydrogen) atoms. The van der Waals surface area contributed by atoms with Crippen molar-refractivity contribution in [2.45, 2.75) is 26.3 Å². The third-order valence-electron chi connectivity index (χ3n) is 3.72. The normalized spacial score (nSPS) is 14.7. The van der Waals surface area contributed by atoms with Gasteiger partial charge in [0, 0.05) is 13.1 Å². The molecule has 1 fully saturated rings. The lowest BCUT2D eigenvalue weighted by Gasteiger charge is -2.23. The van der Waals surface area contributed by atoms with E-state index in [1.54, 1.807) is 0 Å². The molecule has 1 N–H and O–H groups in total. The van der Waals surface area contributed by atoms with E-state index in [0.29, 0.717) is 13.1 Å². The lowest BCUT2D eigenvalue weighted by Crippen LogP contribution is -2.41. The zero-order chi connectivity index (χ0) is 15.2. The number of furan rings is 1. The Hall–Kier alpha value is -1.33. The van der Waals surface area contributed by atoms with Crippen LogP contribution in [0.3, 0.4) is 0 Å². The number of carbonyl (C=O) groups excluding carboxylic acids is 1. The number of carbonyl (C=O) groups is 1. The average molecular weight is 293 g/mol. The summed E-state index contributed by atoms with van der Waals surface area (Å²) in [6.07, 6.45) is 2.61. The summed E-state index contributed by atoms with van der Waals surface area (Å²) in [5.41, 5.74) is 0. The van der Waals surface area contributed by atoms with Crippen molar-refractivity contribution in [2.24, 2.45) is 5.92 Å². The molecule has 0 aromatic carbocycles. The molecule has 0 spiro atoms. The molecule has 1 aromatic rings. The van der Waals surface area contributed by atoms with Gasteiger partial charge in [-0.15, -0.1) is 0 Å². The molecule has 0 aliphatic heterocycles. The van der Waals surface area contributed by atoms with E-state index in [0.717, 1.165) is 37.1 Å². The largest absolute Gasteiger partial charge is 0.464 e. The Kier molecular flexibility index (Phi) is 5.82. The molecule has 1 aromatic heterocycles. The van der Waals surface area contributed by atoms with E-state index >= 15 is 0 Å². The molecule has 2 rings (SSSR count). The summed E-state index contributed by atoms with van der Waals surface area (Å²) in [5.74, 6) is 2.67. The zero-order valence-electron chi connectivity index (χ0n) is 13.4. The summed E-state index contributed by atoms with van der Waals surface area (Å²) in [4.78, 5) is 16.3. The van der Waals surface area contributed by atoms with Crippen LogP contribution in [0.5, 0.6) is 0 Å². The van der Waals surface area contributed by atoms with Crippen LogP contribution in [-0.4, -0.2) is 56.0 Å². The molecule has 5 heteroatoms. The first kappa shape index (κ1) is 16.0. The van der Waals surface area contributed by atoms with Crippen molar-refractivity contribution >= 4 is 5.91 Å². The smallest absolute Gasteiger partial charge is 0.236 e. The van der Waals surface area contributed by atoms with Crippen molar-refractivity contribution in [3.8, 4) is 0 Å². The average Bonchev–Trinajstić information content (AvgIpc) is 3.16. The Morgan fingerprint density at radius 1 is 1.33 bits per heavy atom. The number of nitrogens with zero attached hydrogens (tertiary/aromatic N) is 2. The summed E-state index contributed by atoms with van der Waals surface area (Å²) >= 11 is 0. The van der Waals surface area contributed by atoms with Crippen LogP contribution >= 0.6 is 0 Å². The van der Waals surface area contributed by atoms with E-state index < -0.39 is 0 Å². The van der Waals surface area contributed by atoms with Gasteiger partial charge in [0.05, 0.1) is 13.1 Å². The number of hydrogen-bond acceptors (Lipinski definition) is 4. The number of likely N-dealkylation sites (N-methyl/N-ethyl adjacent to an activating group) is 1. The van der Waals surface area contributed by atoms with E-state index in [1.807, 2.05) is 38.1 Å². The molecule has 1 aliphatic carbocycles. The minimum atomic E-state index is 0.145. The van der Waals surface area contributed by atoms with Gasteiger partial charge in [0.2, 0.25) is 5.91 Å². The number of rotatable bonds is 9. The minimum absolute atomic E-state index is 0.145. The first-order chi connectivity index (χ1) is 10.0. The topological polar surface area (TPSA) is 48.7 Å². The molecular weight excluding hydrogens is 266 g/mol. The highest BCUT2D eigenvalue weighted by atomic mass is 16.3. The molecular formula is C16H27N3O2. The first-order valence-corrected chi connectivity index (χ1v) is 7.73. The van der Waals surface area contributed by atoms with Crippen molar-refractivity contribution in [1.82, 2.24) is 15.1 Å². The lowest BCUT2D eigenvalue weighted by atomic mass is 10.3. The van der Waals surface area contributed by atoms with Crippen molar-refractivity contribution in [3.05, 3.63) is 23.7 Å². The highest BCUT2D eigenvalue weighted by Crippen LogP contribution is 2.27. The Morgan fingerprint density at radius 3 is 2.67 bits per heavy atom. The number of hydrogen-bond donors (Lipinski definition) is 1. The molecule has 1 saturated carbocycles. The van der Waals surface area contributed by atoms with Crippen LogP contribution < -0.4 is 5.32 Å². The molecule has 118 valence electrons. The van der Waals surface area contributed by atoms with E-state index in [9.17, 15) is 4.79 Å². The fourth-order valence-corrected chi connectivity index (χ4v) is 2.19. The highest BCUT2D eigenvalue weighted by molar-refractivity contribution is 5.78. The fourth-order valence-electron chi connectivity index (χ4n) is 2.19. The van der Waals surface area contributed by atoms with Crippen molar-refractivity contribution in [2.75, 3.05) is 40.3 Å². The second kappa shape index (κ2) is 7.61. The minimum Gasteiger partial charge on any atom is -0.464 e. The van der Waals surface area contributed by atoms with Crippen LogP contribution in [0.25, 0.3) is 0 Å². The van der Waals surface area contributed by atoms with Crippen LogP contribution in [0.2, 0.25) is 0 Å². The summed E-state index contributed by atoms with van der Waals surface area (Å²) in [7, 11) is 4.04. The maximum Gasteiger partial charge on any atom is 0.236 e. The first-order valence-electron chi connectivity index (χ1n) is 7.73.